The molecule has 3 rings (SSSR count). The molecule has 0 aliphatic rings. The van der Waals surface area contributed by atoms with Crippen LogP contribution in [0.3, 0.4) is 0 Å². The molecule has 2 aromatic carbocycles. The average Bonchev–Trinajstić information content (AvgIpc) is 2.97. The number of carbonyl (C=O) groups is 1. The second kappa shape index (κ2) is 6.34. The molecule has 1 N–H and O–H groups in total. The number of hydrogen-bond donors (Lipinski definition) is 1. The van der Waals surface area contributed by atoms with E-state index in [0.717, 1.165) is 11.1 Å². The summed E-state index contributed by atoms with van der Waals surface area (Å²) in [4.78, 5) is 13.2. The van der Waals surface area contributed by atoms with Gasteiger partial charge in [0.1, 0.15) is 0 Å². The van der Waals surface area contributed by atoms with Crippen LogP contribution in [-0.4, -0.2) is 5.91 Å². The minimum absolute atomic E-state index is 0.118. The molecule has 0 fully saturated rings. The third kappa shape index (κ3) is 3.21. The van der Waals surface area contributed by atoms with Crippen LogP contribution in [0.4, 0.5) is 5.69 Å². The predicted octanol–water partition coefficient (Wildman–Crippen LogP) is 5.63. The number of nitrogens with one attached hydrogen (secondary N) is 1. The third-order valence-corrected chi connectivity index (χ3v) is 4.46. The van der Waals surface area contributed by atoms with Crippen LogP contribution in [0.15, 0.2) is 60.0 Å². The van der Waals surface area contributed by atoms with E-state index in [2.05, 4.69) is 5.32 Å². The van der Waals surface area contributed by atoms with E-state index in [1.54, 1.807) is 12.1 Å². The number of amides is 1. The summed E-state index contributed by atoms with van der Waals surface area (Å²) in [5, 5.41) is 5.43. The van der Waals surface area contributed by atoms with Crippen molar-refractivity contribution in [2.24, 2.45) is 0 Å². The van der Waals surface area contributed by atoms with Gasteiger partial charge in [0.15, 0.2) is 0 Å². The lowest BCUT2D eigenvalue weighted by molar-refractivity contribution is 0.103. The molecule has 1 aromatic heterocycles. The smallest absolute Gasteiger partial charge is 0.266 e. The first-order chi connectivity index (χ1) is 10.6. The van der Waals surface area contributed by atoms with Gasteiger partial charge in [-0.3, -0.25) is 4.79 Å². The summed E-state index contributed by atoms with van der Waals surface area (Å²) in [6, 6.07) is 17.3. The summed E-state index contributed by atoms with van der Waals surface area (Å²) in [5.41, 5.74) is 3.89. The summed E-state index contributed by atoms with van der Waals surface area (Å²) in [6.07, 6.45) is 0. The van der Waals surface area contributed by atoms with Crippen molar-refractivity contribution >= 4 is 34.5 Å². The van der Waals surface area contributed by atoms with Gasteiger partial charge >= 0.3 is 0 Å². The van der Waals surface area contributed by atoms with Gasteiger partial charge < -0.3 is 5.32 Å². The molecule has 0 radical (unpaired) electrons. The van der Waals surface area contributed by atoms with Crippen LogP contribution in [0, 0.1) is 6.92 Å². The van der Waals surface area contributed by atoms with Crippen LogP contribution in [-0.2, 0) is 0 Å². The van der Waals surface area contributed by atoms with Crippen molar-refractivity contribution < 1.29 is 4.79 Å². The zero-order chi connectivity index (χ0) is 15.5. The van der Waals surface area contributed by atoms with Crippen LogP contribution in [0.2, 0.25) is 5.02 Å². The van der Waals surface area contributed by atoms with Crippen molar-refractivity contribution in [1.82, 2.24) is 0 Å². The monoisotopic (exact) mass is 327 g/mol. The van der Waals surface area contributed by atoms with E-state index in [0.29, 0.717) is 15.6 Å². The maximum absolute atomic E-state index is 12.5. The lowest BCUT2D eigenvalue weighted by atomic mass is 10.0. The van der Waals surface area contributed by atoms with E-state index in [1.165, 1.54) is 16.9 Å². The van der Waals surface area contributed by atoms with Crippen molar-refractivity contribution in [2.75, 3.05) is 5.32 Å². The molecular formula is C18H14ClNOS. The number of anilines is 1. The van der Waals surface area contributed by atoms with E-state index >= 15 is 0 Å². The van der Waals surface area contributed by atoms with E-state index in [9.17, 15) is 4.79 Å². The van der Waals surface area contributed by atoms with E-state index in [1.807, 2.05) is 54.8 Å². The quantitative estimate of drug-likeness (QED) is 0.663. The van der Waals surface area contributed by atoms with Gasteiger partial charge in [-0.25, -0.2) is 0 Å². The highest BCUT2D eigenvalue weighted by atomic mass is 35.5. The van der Waals surface area contributed by atoms with Crippen LogP contribution >= 0.6 is 22.9 Å². The Labute approximate surface area is 138 Å². The third-order valence-electron chi connectivity index (χ3n) is 3.32. The molecular weight excluding hydrogens is 314 g/mol. The number of halogens is 1. The zero-order valence-electron chi connectivity index (χ0n) is 12.0. The Morgan fingerprint density at radius 2 is 1.86 bits per heavy atom. The molecule has 0 aliphatic heterocycles. The topological polar surface area (TPSA) is 29.1 Å². The molecule has 2 nitrogen and oxygen atoms in total. The van der Waals surface area contributed by atoms with Gasteiger partial charge in [-0.2, -0.15) is 0 Å². The first-order valence-electron chi connectivity index (χ1n) is 6.85. The van der Waals surface area contributed by atoms with Gasteiger partial charge in [0.2, 0.25) is 0 Å². The largest absolute Gasteiger partial charge is 0.321 e. The number of thiophene rings is 1. The first kappa shape index (κ1) is 14.8. The second-order valence-corrected chi connectivity index (χ2v) is 6.35. The molecule has 0 saturated heterocycles. The summed E-state index contributed by atoms with van der Waals surface area (Å²) in [5.74, 6) is -0.118. The van der Waals surface area contributed by atoms with Crippen LogP contribution < -0.4 is 5.32 Å². The van der Waals surface area contributed by atoms with Gasteiger partial charge in [0.05, 0.1) is 4.88 Å². The lowest BCUT2D eigenvalue weighted by Crippen LogP contribution is -2.11. The summed E-state index contributed by atoms with van der Waals surface area (Å²) < 4.78 is 0. The number of aryl methyl sites for hydroxylation is 1. The number of benzene rings is 2. The molecule has 1 amide bonds. The van der Waals surface area contributed by atoms with Gasteiger partial charge in [-0.05, 0) is 42.1 Å². The molecule has 0 unspecified atom stereocenters. The van der Waals surface area contributed by atoms with Gasteiger partial charge in [-0.1, -0.05) is 47.5 Å². The fourth-order valence-electron chi connectivity index (χ4n) is 2.20. The van der Waals surface area contributed by atoms with Crippen molar-refractivity contribution in [1.29, 1.82) is 0 Å². The van der Waals surface area contributed by atoms with Crippen LogP contribution in [0.5, 0.6) is 0 Å². The lowest BCUT2D eigenvalue weighted by Gasteiger charge is -2.07. The molecule has 0 atom stereocenters. The summed E-state index contributed by atoms with van der Waals surface area (Å²) in [6.45, 7) is 2.05. The first-order valence-corrected chi connectivity index (χ1v) is 8.11. The SMILES string of the molecule is Cc1ccc(-c2ccsc2C(=O)Nc2cccc(Cl)c2)cc1. The number of rotatable bonds is 3. The molecule has 0 bridgehead atoms. The molecule has 22 heavy (non-hydrogen) atoms. The highest BCUT2D eigenvalue weighted by molar-refractivity contribution is 7.12. The molecule has 1 heterocycles. The van der Waals surface area contributed by atoms with Gasteiger partial charge in [-0.15, -0.1) is 11.3 Å². The fraction of sp³-hybridized carbons (Fsp3) is 0.0556. The highest BCUT2D eigenvalue weighted by Crippen LogP contribution is 2.29. The van der Waals surface area contributed by atoms with E-state index < -0.39 is 0 Å². The Morgan fingerprint density at radius 1 is 1.09 bits per heavy atom. The second-order valence-electron chi connectivity index (χ2n) is 4.99. The Balaban J connectivity index is 1.88. The normalized spacial score (nSPS) is 10.5. The standard InChI is InChI=1S/C18H14ClNOS/c1-12-5-7-13(8-6-12)16-9-10-22-17(16)18(21)20-15-4-2-3-14(19)11-15/h2-11H,1H3,(H,20,21). The molecule has 0 saturated carbocycles. The van der Waals surface area contributed by atoms with Crippen molar-refractivity contribution in [2.45, 2.75) is 6.92 Å². The van der Waals surface area contributed by atoms with Crippen molar-refractivity contribution in [3.05, 3.63) is 75.4 Å². The van der Waals surface area contributed by atoms with Crippen LogP contribution in [0.1, 0.15) is 15.2 Å². The molecule has 3 aromatic rings. The van der Waals surface area contributed by atoms with Crippen molar-refractivity contribution in [3.63, 3.8) is 0 Å². The minimum atomic E-state index is -0.118. The molecule has 110 valence electrons. The Bertz CT molecular complexity index is 808. The van der Waals surface area contributed by atoms with E-state index in [-0.39, 0.29) is 5.91 Å². The van der Waals surface area contributed by atoms with Gasteiger partial charge in [0, 0.05) is 16.3 Å². The molecule has 0 aliphatic carbocycles. The highest BCUT2D eigenvalue weighted by Gasteiger charge is 2.14. The number of carbonyl (C=O) groups excluding carboxylic acids is 1. The molecule has 0 spiro atoms. The Hall–Kier alpha value is -2.10. The van der Waals surface area contributed by atoms with Gasteiger partial charge in [0.25, 0.3) is 5.91 Å². The van der Waals surface area contributed by atoms with Crippen LogP contribution in [0.25, 0.3) is 11.1 Å². The molecule has 4 heteroatoms. The fourth-order valence-corrected chi connectivity index (χ4v) is 3.20. The summed E-state index contributed by atoms with van der Waals surface area (Å²) in [7, 11) is 0. The Kier molecular flexibility index (Phi) is 4.27. The predicted molar refractivity (Wildman–Crippen MR) is 93.9 cm³/mol. The average molecular weight is 328 g/mol. The van der Waals surface area contributed by atoms with Crippen molar-refractivity contribution in [3.8, 4) is 11.1 Å². The summed E-state index contributed by atoms with van der Waals surface area (Å²) >= 11 is 7.38. The van der Waals surface area contributed by atoms with E-state index in [4.69, 9.17) is 11.6 Å². The maximum Gasteiger partial charge on any atom is 0.266 e. The number of hydrogen-bond acceptors (Lipinski definition) is 2. The maximum atomic E-state index is 12.5. The Morgan fingerprint density at radius 3 is 2.59 bits per heavy atom. The minimum Gasteiger partial charge on any atom is -0.321 e. The zero-order valence-corrected chi connectivity index (χ0v) is 13.5.